The summed E-state index contributed by atoms with van der Waals surface area (Å²) in [6.07, 6.45) is 0. The summed E-state index contributed by atoms with van der Waals surface area (Å²) in [5, 5.41) is 13.5. The number of nitrogens with one attached hydrogen (secondary N) is 1. The van der Waals surface area contributed by atoms with Crippen molar-refractivity contribution >= 4 is 23.3 Å². The predicted octanol–water partition coefficient (Wildman–Crippen LogP) is 3.30. The van der Waals surface area contributed by atoms with Gasteiger partial charge in [-0.25, -0.2) is 4.79 Å². The van der Waals surface area contributed by atoms with E-state index in [9.17, 15) is 28.5 Å². The van der Waals surface area contributed by atoms with E-state index in [0.717, 1.165) is 0 Å². The lowest BCUT2D eigenvalue weighted by Gasteiger charge is -2.09. The number of benzene rings is 2. The van der Waals surface area contributed by atoms with Crippen LogP contribution in [0.2, 0.25) is 0 Å². The molecule has 0 saturated heterocycles. The molecule has 0 aliphatic heterocycles. The molecule has 0 spiro atoms. The number of amides is 1. The zero-order chi connectivity index (χ0) is 20.0. The van der Waals surface area contributed by atoms with Crippen molar-refractivity contribution in [3.63, 3.8) is 0 Å². The zero-order valence-corrected chi connectivity index (χ0v) is 14.0. The molecule has 10 heteroatoms. The van der Waals surface area contributed by atoms with Crippen LogP contribution in [0.4, 0.5) is 20.2 Å². The van der Waals surface area contributed by atoms with Gasteiger partial charge in [0.15, 0.2) is 6.61 Å². The van der Waals surface area contributed by atoms with Crippen LogP contribution in [-0.2, 0) is 9.53 Å². The first kappa shape index (κ1) is 19.8. The minimum Gasteiger partial charge on any atom is -0.452 e. The van der Waals surface area contributed by atoms with Gasteiger partial charge in [-0.3, -0.25) is 14.9 Å². The number of esters is 1. The van der Waals surface area contributed by atoms with Gasteiger partial charge in [-0.1, -0.05) is 12.1 Å². The summed E-state index contributed by atoms with van der Waals surface area (Å²) in [7, 11) is 0. The molecule has 2 rings (SSSR count). The van der Waals surface area contributed by atoms with Crippen molar-refractivity contribution in [2.24, 2.45) is 0 Å². The summed E-state index contributed by atoms with van der Waals surface area (Å²) in [4.78, 5) is 34.2. The molecule has 1 amide bonds. The lowest BCUT2D eigenvalue weighted by molar-refractivity contribution is -0.385. The molecule has 0 bridgehead atoms. The van der Waals surface area contributed by atoms with Gasteiger partial charge in [0, 0.05) is 11.3 Å². The fraction of sp³-hybridized carbons (Fsp3) is 0.176. The van der Waals surface area contributed by atoms with Crippen LogP contribution < -0.4 is 10.1 Å². The van der Waals surface area contributed by atoms with Crippen molar-refractivity contribution < 1.29 is 32.8 Å². The predicted molar refractivity (Wildman–Crippen MR) is 89.8 cm³/mol. The number of carbonyl (C=O) groups excluding carboxylic acids is 2. The van der Waals surface area contributed by atoms with E-state index in [1.54, 1.807) is 0 Å². The minimum atomic E-state index is -2.96. The highest BCUT2D eigenvalue weighted by molar-refractivity contribution is 5.97. The van der Waals surface area contributed by atoms with Crippen molar-refractivity contribution in [2.75, 3.05) is 11.9 Å². The second-order valence-electron chi connectivity index (χ2n) is 5.26. The van der Waals surface area contributed by atoms with Gasteiger partial charge in [0.25, 0.3) is 11.6 Å². The summed E-state index contributed by atoms with van der Waals surface area (Å²) < 4.78 is 33.1. The molecule has 142 valence electrons. The van der Waals surface area contributed by atoms with Crippen molar-refractivity contribution in [1.82, 2.24) is 0 Å². The third-order valence-electron chi connectivity index (χ3n) is 3.34. The lowest BCUT2D eigenvalue weighted by atomic mass is 10.1. The van der Waals surface area contributed by atoms with Crippen molar-refractivity contribution in [3.8, 4) is 5.75 Å². The lowest BCUT2D eigenvalue weighted by Crippen LogP contribution is -2.21. The fourth-order valence-electron chi connectivity index (χ4n) is 2.19. The molecule has 0 unspecified atom stereocenters. The van der Waals surface area contributed by atoms with Crippen molar-refractivity contribution in [2.45, 2.75) is 13.5 Å². The first-order valence-electron chi connectivity index (χ1n) is 7.54. The van der Waals surface area contributed by atoms with Crippen LogP contribution in [0, 0.1) is 17.0 Å². The van der Waals surface area contributed by atoms with E-state index in [-0.39, 0.29) is 22.6 Å². The SMILES string of the molecule is Cc1cccc(C(=O)OCC(=O)Nc2ccc(OC(F)F)cc2)c1[N+](=O)[O-]. The topological polar surface area (TPSA) is 108 Å². The number of carbonyl (C=O) groups is 2. The largest absolute Gasteiger partial charge is 0.452 e. The molecule has 0 aromatic heterocycles. The Hall–Kier alpha value is -3.56. The molecule has 0 aliphatic carbocycles. The molecular formula is C17H14F2N2O6. The van der Waals surface area contributed by atoms with Crippen LogP contribution in [0.5, 0.6) is 5.75 Å². The molecule has 1 N–H and O–H groups in total. The van der Waals surface area contributed by atoms with Gasteiger partial charge >= 0.3 is 12.6 Å². The standard InChI is InChI=1S/C17H14F2N2O6/c1-10-3-2-4-13(15(10)21(24)25)16(23)26-9-14(22)20-11-5-7-12(8-6-11)27-17(18)19/h2-8,17H,9H2,1H3,(H,20,22). The Labute approximate surface area is 151 Å². The van der Waals surface area contributed by atoms with E-state index in [1.165, 1.54) is 49.4 Å². The number of rotatable bonds is 7. The maximum atomic E-state index is 12.1. The van der Waals surface area contributed by atoms with Crippen molar-refractivity contribution in [1.29, 1.82) is 0 Å². The number of anilines is 1. The number of hydrogen-bond acceptors (Lipinski definition) is 6. The monoisotopic (exact) mass is 380 g/mol. The third kappa shape index (κ3) is 5.46. The molecule has 0 aliphatic rings. The minimum absolute atomic E-state index is 0.0822. The normalized spacial score (nSPS) is 10.4. The first-order chi connectivity index (χ1) is 12.8. The summed E-state index contributed by atoms with van der Waals surface area (Å²) in [5.41, 5.74) is -0.108. The number of para-hydroxylation sites is 1. The Morgan fingerprint density at radius 1 is 1.19 bits per heavy atom. The van der Waals surface area contributed by atoms with E-state index >= 15 is 0 Å². The van der Waals surface area contributed by atoms with E-state index < -0.39 is 35.7 Å². The average Bonchev–Trinajstić information content (AvgIpc) is 2.60. The van der Waals surface area contributed by atoms with E-state index in [2.05, 4.69) is 10.1 Å². The summed E-state index contributed by atoms with van der Waals surface area (Å²) in [6, 6.07) is 9.26. The number of ether oxygens (including phenoxy) is 2. The van der Waals surface area contributed by atoms with Gasteiger partial charge in [-0.05, 0) is 37.3 Å². The Morgan fingerprint density at radius 2 is 1.85 bits per heavy atom. The highest BCUT2D eigenvalue weighted by Crippen LogP contribution is 2.23. The molecule has 0 heterocycles. The van der Waals surface area contributed by atoms with Crippen molar-refractivity contribution in [3.05, 3.63) is 63.7 Å². The van der Waals surface area contributed by atoms with Gasteiger partial charge < -0.3 is 14.8 Å². The number of nitro benzene ring substituents is 1. The Morgan fingerprint density at radius 3 is 2.44 bits per heavy atom. The van der Waals surface area contributed by atoms with E-state index in [0.29, 0.717) is 0 Å². The van der Waals surface area contributed by atoms with Gasteiger partial charge in [0.1, 0.15) is 11.3 Å². The third-order valence-corrected chi connectivity index (χ3v) is 3.34. The molecule has 0 atom stereocenters. The second kappa shape index (κ2) is 8.70. The molecule has 8 nitrogen and oxygen atoms in total. The summed E-state index contributed by atoms with van der Waals surface area (Å²) in [5.74, 6) is -1.80. The van der Waals surface area contributed by atoms with Crippen LogP contribution >= 0.6 is 0 Å². The van der Waals surface area contributed by atoms with Gasteiger partial charge in [0.05, 0.1) is 4.92 Å². The molecule has 0 radical (unpaired) electrons. The molecule has 2 aromatic rings. The van der Waals surface area contributed by atoms with Crippen LogP contribution in [0.15, 0.2) is 42.5 Å². The average molecular weight is 380 g/mol. The first-order valence-corrected chi connectivity index (χ1v) is 7.54. The summed E-state index contributed by atoms with van der Waals surface area (Å²) in [6.45, 7) is -2.17. The Bertz CT molecular complexity index is 855. The molecule has 0 fully saturated rings. The Kier molecular flexibility index (Phi) is 6.36. The number of hydrogen-bond donors (Lipinski definition) is 1. The molecule has 2 aromatic carbocycles. The van der Waals surface area contributed by atoms with Crippen LogP contribution in [0.1, 0.15) is 15.9 Å². The van der Waals surface area contributed by atoms with Gasteiger partial charge in [0.2, 0.25) is 0 Å². The maximum Gasteiger partial charge on any atom is 0.387 e. The second-order valence-corrected chi connectivity index (χ2v) is 5.26. The van der Waals surface area contributed by atoms with Crippen LogP contribution in [0.25, 0.3) is 0 Å². The quantitative estimate of drug-likeness (QED) is 0.449. The summed E-state index contributed by atoms with van der Waals surface area (Å²) >= 11 is 0. The molecule has 27 heavy (non-hydrogen) atoms. The van der Waals surface area contributed by atoms with E-state index in [4.69, 9.17) is 4.74 Å². The number of nitro groups is 1. The van der Waals surface area contributed by atoms with Crippen LogP contribution in [-0.4, -0.2) is 30.0 Å². The highest BCUT2D eigenvalue weighted by Gasteiger charge is 2.24. The Balaban J connectivity index is 1.95. The number of nitrogens with zero attached hydrogens (tertiary/aromatic N) is 1. The zero-order valence-electron chi connectivity index (χ0n) is 14.0. The van der Waals surface area contributed by atoms with E-state index in [1.807, 2.05) is 0 Å². The number of alkyl halides is 2. The highest BCUT2D eigenvalue weighted by atomic mass is 19.3. The van der Waals surface area contributed by atoms with Gasteiger partial charge in [-0.15, -0.1) is 0 Å². The number of aryl methyl sites for hydroxylation is 1. The fourth-order valence-corrected chi connectivity index (χ4v) is 2.19. The molecular weight excluding hydrogens is 366 g/mol. The smallest absolute Gasteiger partial charge is 0.387 e. The number of halogens is 2. The van der Waals surface area contributed by atoms with Crippen LogP contribution in [0.3, 0.4) is 0 Å². The van der Waals surface area contributed by atoms with Gasteiger partial charge in [-0.2, -0.15) is 8.78 Å². The maximum absolute atomic E-state index is 12.1. The molecule has 0 saturated carbocycles.